The molecular weight excluding hydrogens is 442 g/mol. The van der Waals surface area contributed by atoms with Crippen LogP contribution in [0.25, 0.3) is 0 Å². The Morgan fingerprint density at radius 3 is 2.60 bits per heavy atom. The molecule has 0 saturated carbocycles. The first-order valence-corrected chi connectivity index (χ1v) is 11.9. The molecule has 1 aliphatic heterocycles. The minimum absolute atomic E-state index is 0.0622. The van der Waals surface area contributed by atoms with Gasteiger partial charge in [-0.1, -0.05) is 51.6 Å². The Morgan fingerprint density at radius 2 is 1.94 bits per heavy atom. The standard InChI is InChI=1S/C28H39N3O4/c1-8-12-24(34-18-26(33)29-19-28(6,7)35-16-15-27(3,4)5)20(9-2)23-17-25(32)31-22-14-11-10-13-21(22)30-23/h8-14H,2,15-19H2,1,3-7H3,(H,29,33)(H,31,32)/b12-8-,24-20-. The van der Waals surface area contributed by atoms with Crippen LogP contribution in [-0.2, 0) is 19.1 Å². The number of hydrogen-bond acceptors (Lipinski definition) is 5. The molecule has 1 heterocycles. The molecule has 35 heavy (non-hydrogen) atoms. The third kappa shape index (κ3) is 9.53. The van der Waals surface area contributed by atoms with Crippen LogP contribution in [0.3, 0.4) is 0 Å². The zero-order chi connectivity index (χ0) is 26.1. The van der Waals surface area contributed by atoms with Crippen molar-refractivity contribution in [2.75, 3.05) is 25.1 Å². The normalized spacial score (nSPS) is 14.9. The van der Waals surface area contributed by atoms with Gasteiger partial charge in [-0.2, -0.15) is 0 Å². The summed E-state index contributed by atoms with van der Waals surface area (Å²) >= 11 is 0. The lowest BCUT2D eigenvalue weighted by Gasteiger charge is -2.28. The van der Waals surface area contributed by atoms with E-state index < -0.39 is 5.60 Å². The molecule has 0 bridgehead atoms. The number of ether oxygens (including phenoxy) is 2. The maximum Gasteiger partial charge on any atom is 0.258 e. The number of anilines is 1. The van der Waals surface area contributed by atoms with Gasteiger partial charge >= 0.3 is 0 Å². The number of fused-ring (bicyclic) bond motifs is 1. The zero-order valence-electron chi connectivity index (χ0n) is 21.9. The van der Waals surface area contributed by atoms with Gasteiger partial charge in [0.1, 0.15) is 5.76 Å². The predicted octanol–water partition coefficient (Wildman–Crippen LogP) is 5.48. The van der Waals surface area contributed by atoms with Gasteiger partial charge in [-0.25, -0.2) is 4.99 Å². The van der Waals surface area contributed by atoms with Gasteiger partial charge in [0.2, 0.25) is 5.91 Å². The van der Waals surface area contributed by atoms with Crippen molar-refractivity contribution >= 4 is 28.9 Å². The Hall–Kier alpha value is -3.19. The third-order valence-electron chi connectivity index (χ3n) is 5.27. The number of nitrogens with one attached hydrogen (secondary N) is 2. The second kappa shape index (κ2) is 12.5. The van der Waals surface area contributed by atoms with Crippen LogP contribution in [0.1, 0.15) is 54.4 Å². The number of allylic oxidation sites excluding steroid dienone is 4. The average Bonchev–Trinajstić information content (AvgIpc) is 2.93. The van der Waals surface area contributed by atoms with Gasteiger partial charge in [0, 0.05) is 18.7 Å². The molecule has 0 atom stereocenters. The van der Waals surface area contributed by atoms with E-state index in [0.29, 0.717) is 41.6 Å². The van der Waals surface area contributed by atoms with Crippen LogP contribution in [0.5, 0.6) is 0 Å². The Labute approximate surface area is 209 Å². The van der Waals surface area contributed by atoms with Gasteiger partial charge in [0.15, 0.2) is 6.61 Å². The number of aliphatic imine (C=N–C) groups is 1. The Balaban J connectivity index is 2.09. The van der Waals surface area contributed by atoms with Crippen molar-refractivity contribution < 1.29 is 19.1 Å². The van der Waals surface area contributed by atoms with Crippen molar-refractivity contribution in [1.82, 2.24) is 5.32 Å². The molecule has 7 nitrogen and oxygen atoms in total. The first-order valence-electron chi connectivity index (χ1n) is 11.9. The molecular formula is C28H39N3O4. The predicted molar refractivity (Wildman–Crippen MR) is 142 cm³/mol. The summed E-state index contributed by atoms with van der Waals surface area (Å²) in [5.74, 6) is -0.0302. The van der Waals surface area contributed by atoms with E-state index in [2.05, 4.69) is 43.0 Å². The van der Waals surface area contributed by atoms with Crippen molar-refractivity contribution in [2.45, 2.75) is 60.0 Å². The number of carbonyl (C=O) groups is 2. The SMILES string of the molecule is C=C/C(C1=Nc2ccccc2NC(=O)C1)=C(\C=C/C)OCC(=O)NCC(C)(C)OCCC(C)(C)C. The summed E-state index contributed by atoms with van der Waals surface area (Å²) < 4.78 is 11.8. The average molecular weight is 482 g/mol. The monoisotopic (exact) mass is 481 g/mol. The Morgan fingerprint density at radius 1 is 1.23 bits per heavy atom. The quantitative estimate of drug-likeness (QED) is 0.323. The van der Waals surface area contributed by atoms with Gasteiger partial charge in [-0.3, -0.25) is 9.59 Å². The minimum atomic E-state index is -0.495. The molecule has 0 saturated heterocycles. The number of rotatable bonds is 11. The maximum atomic E-state index is 12.5. The van der Waals surface area contributed by atoms with E-state index in [1.165, 1.54) is 0 Å². The number of benzene rings is 1. The number of hydrogen-bond donors (Lipinski definition) is 2. The summed E-state index contributed by atoms with van der Waals surface area (Å²) in [6.45, 7) is 16.9. The lowest BCUT2D eigenvalue weighted by atomic mass is 9.93. The number of amides is 2. The minimum Gasteiger partial charge on any atom is -0.483 e. The fraction of sp³-hybridized carbons (Fsp3) is 0.464. The molecule has 2 amide bonds. The van der Waals surface area contributed by atoms with Gasteiger partial charge < -0.3 is 20.1 Å². The largest absolute Gasteiger partial charge is 0.483 e. The molecule has 0 aromatic heterocycles. The van der Waals surface area contributed by atoms with Gasteiger partial charge in [-0.05, 0) is 50.8 Å². The summed E-state index contributed by atoms with van der Waals surface area (Å²) in [6, 6.07) is 7.33. The van der Waals surface area contributed by atoms with Crippen molar-refractivity contribution in [1.29, 1.82) is 0 Å². The molecule has 1 aromatic carbocycles. The first kappa shape index (κ1) is 28.1. The Bertz CT molecular complexity index is 1010. The molecule has 0 spiro atoms. The molecule has 0 radical (unpaired) electrons. The van der Waals surface area contributed by atoms with E-state index in [4.69, 9.17) is 9.47 Å². The first-order chi connectivity index (χ1) is 16.4. The second-order valence-corrected chi connectivity index (χ2v) is 10.3. The van der Waals surface area contributed by atoms with Crippen molar-refractivity contribution in [2.24, 2.45) is 10.4 Å². The zero-order valence-corrected chi connectivity index (χ0v) is 21.9. The van der Waals surface area contributed by atoms with E-state index in [-0.39, 0.29) is 30.3 Å². The summed E-state index contributed by atoms with van der Waals surface area (Å²) in [6.07, 6.45) is 6.13. The summed E-state index contributed by atoms with van der Waals surface area (Å²) in [5.41, 5.74) is 2.08. The number of para-hydroxylation sites is 2. The highest BCUT2D eigenvalue weighted by molar-refractivity contribution is 6.18. The van der Waals surface area contributed by atoms with Crippen LogP contribution in [0.15, 0.2) is 65.4 Å². The lowest BCUT2D eigenvalue weighted by Crippen LogP contribution is -2.42. The van der Waals surface area contributed by atoms with E-state index in [9.17, 15) is 9.59 Å². The fourth-order valence-electron chi connectivity index (χ4n) is 3.28. The van der Waals surface area contributed by atoms with E-state index in [1.54, 1.807) is 24.3 Å². The summed E-state index contributed by atoms with van der Waals surface area (Å²) in [5, 5.41) is 5.74. The molecule has 0 unspecified atom stereocenters. The van der Waals surface area contributed by atoms with E-state index >= 15 is 0 Å². The summed E-state index contributed by atoms with van der Waals surface area (Å²) in [7, 11) is 0. The molecule has 0 fully saturated rings. The smallest absolute Gasteiger partial charge is 0.258 e. The van der Waals surface area contributed by atoms with Crippen molar-refractivity contribution in [3.05, 3.63) is 60.4 Å². The molecule has 2 N–H and O–H groups in total. The molecule has 1 aliphatic rings. The molecule has 7 heteroatoms. The van der Waals surface area contributed by atoms with Crippen LogP contribution in [0.4, 0.5) is 11.4 Å². The van der Waals surface area contributed by atoms with Crippen LogP contribution in [0, 0.1) is 5.41 Å². The van der Waals surface area contributed by atoms with Crippen LogP contribution in [0.2, 0.25) is 0 Å². The van der Waals surface area contributed by atoms with Gasteiger partial charge in [-0.15, -0.1) is 0 Å². The highest BCUT2D eigenvalue weighted by Gasteiger charge is 2.22. The van der Waals surface area contributed by atoms with Gasteiger partial charge in [0.05, 0.1) is 29.1 Å². The van der Waals surface area contributed by atoms with Gasteiger partial charge in [0.25, 0.3) is 5.91 Å². The molecule has 190 valence electrons. The molecule has 2 rings (SSSR count). The molecule has 1 aromatic rings. The van der Waals surface area contributed by atoms with E-state index in [0.717, 1.165) is 6.42 Å². The Kier molecular flexibility index (Phi) is 10.0. The van der Waals surface area contributed by atoms with Crippen molar-refractivity contribution in [3.63, 3.8) is 0 Å². The number of carbonyl (C=O) groups excluding carboxylic acids is 2. The topological polar surface area (TPSA) is 89.0 Å². The van der Waals surface area contributed by atoms with Crippen molar-refractivity contribution in [3.8, 4) is 0 Å². The highest BCUT2D eigenvalue weighted by Crippen LogP contribution is 2.29. The van der Waals surface area contributed by atoms with E-state index in [1.807, 2.05) is 39.0 Å². The maximum absolute atomic E-state index is 12.5. The summed E-state index contributed by atoms with van der Waals surface area (Å²) in [4.78, 5) is 29.7. The van der Waals surface area contributed by atoms with Crippen LogP contribution in [-0.4, -0.2) is 42.9 Å². The third-order valence-corrected chi connectivity index (χ3v) is 5.27. The number of nitrogens with zero attached hydrogens (tertiary/aromatic N) is 1. The lowest BCUT2D eigenvalue weighted by molar-refractivity contribution is -0.126. The second-order valence-electron chi connectivity index (χ2n) is 10.3. The molecule has 0 aliphatic carbocycles. The van der Waals surface area contributed by atoms with Crippen LogP contribution >= 0.6 is 0 Å². The highest BCUT2D eigenvalue weighted by atomic mass is 16.5. The fourth-order valence-corrected chi connectivity index (χ4v) is 3.28. The van der Waals surface area contributed by atoms with Crippen LogP contribution < -0.4 is 10.6 Å².